The summed E-state index contributed by atoms with van der Waals surface area (Å²) in [6, 6.07) is 0. The summed E-state index contributed by atoms with van der Waals surface area (Å²) in [7, 11) is 1.93. The van der Waals surface area contributed by atoms with Crippen molar-refractivity contribution in [3.05, 3.63) is 5.82 Å². The first-order valence-corrected chi connectivity index (χ1v) is 5.84. The van der Waals surface area contributed by atoms with E-state index in [1.165, 1.54) is 11.5 Å². The van der Waals surface area contributed by atoms with Crippen molar-refractivity contribution < 1.29 is 5.11 Å². The molecule has 0 spiro atoms. The lowest BCUT2D eigenvalue weighted by atomic mass is 10.1. The number of likely N-dealkylation sites (N-methyl/N-ethyl adjacent to an activating group) is 1. The smallest absolute Gasteiger partial charge is 0.205 e. The maximum atomic E-state index is 9.26. The molecule has 1 N–H and O–H groups in total. The van der Waals surface area contributed by atoms with Crippen molar-refractivity contribution >= 4 is 16.7 Å². The first-order valence-electron chi connectivity index (χ1n) is 5.07. The molecule has 0 radical (unpaired) electrons. The number of rotatable bonds is 4. The molecule has 0 aliphatic rings. The maximum Gasteiger partial charge on any atom is 0.205 e. The summed E-state index contributed by atoms with van der Waals surface area (Å²) in [6.45, 7) is 8.19. The van der Waals surface area contributed by atoms with Gasteiger partial charge in [0.2, 0.25) is 5.13 Å². The second-order valence-corrected chi connectivity index (χ2v) is 5.35. The summed E-state index contributed by atoms with van der Waals surface area (Å²) in [5, 5.41) is 10.1. The van der Waals surface area contributed by atoms with E-state index < -0.39 is 0 Å². The zero-order valence-electron chi connectivity index (χ0n) is 9.98. The fourth-order valence-electron chi connectivity index (χ4n) is 0.962. The van der Waals surface area contributed by atoms with Gasteiger partial charge < -0.3 is 10.0 Å². The van der Waals surface area contributed by atoms with E-state index in [4.69, 9.17) is 0 Å². The van der Waals surface area contributed by atoms with Crippen LogP contribution in [-0.2, 0) is 0 Å². The Balaban J connectivity index is 2.87. The Morgan fingerprint density at radius 2 is 2.07 bits per heavy atom. The molecule has 1 aromatic heterocycles. The van der Waals surface area contributed by atoms with Crippen molar-refractivity contribution in [2.24, 2.45) is 0 Å². The van der Waals surface area contributed by atoms with Gasteiger partial charge in [-0.3, -0.25) is 0 Å². The number of nitrogens with zero attached hydrogens (tertiary/aromatic N) is 3. The maximum absolute atomic E-state index is 9.26. The lowest BCUT2D eigenvalue weighted by Gasteiger charge is -2.33. The van der Waals surface area contributed by atoms with Gasteiger partial charge in [-0.2, -0.15) is 4.37 Å². The molecular formula is C10H19N3OS. The van der Waals surface area contributed by atoms with Gasteiger partial charge in [-0.05, 0) is 13.8 Å². The number of aliphatic hydroxyl groups excluding tert-OH is 1. The molecule has 1 aromatic rings. The van der Waals surface area contributed by atoms with Gasteiger partial charge in [0.1, 0.15) is 5.82 Å². The SMILES string of the molecule is CC(C)c1nsc(N(C)C(C)(C)CO)n1. The van der Waals surface area contributed by atoms with E-state index in [1.807, 2.05) is 25.8 Å². The van der Waals surface area contributed by atoms with E-state index in [2.05, 4.69) is 23.2 Å². The molecule has 0 bridgehead atoms. The summed E-state index contributed by atoms with van der Waals surface area (Å²) < 4.78 is 4.29. The number of aromatic nitrogens is 2. The molecule has 0 saturated heterocycles. The van der Waals surface area contributed by atoms with Crippen LogP contribution < -0.4 is 4.90 Å². The zero-order chi connectivity index (χ0) is 11.6. The highest BCUT2D eigenvalue weighted by atomic mass is 32.1. The highest BCUT2D eigenvalue weighted by molar-refractivity contribution is 7.09. The average Bonchev–Trinajstić information content (AvgIpc) is 2.65. The topological polar surface area (TPSA) is 49.2 Å². The number of anilines is 1. The largest absolute Gasteiger partial charge is 0.394 e. The predicted molar refractivity (Wildman–Crippen MR) is 63.6 cm³/mol. The summed E-state index contributed by atoms with van der Waals surface area (Å²) in [4.78, 5) is 6.41. The molecule has 15 heavy (non-hydrogen) atoms. The lowest BCUT2D eigenvalue weighted by molar-refractivity contribution is 0.216. The van der Waals surface area contributed by atoms with E-state index >= 15 is 0 Å². The Hall–Kier alpha value is -0.680. The van der Waals surface area contributed by atoms with Gasteiger partial charge in [0.05, 0.1) is 12.1 Å². The molecule has 5 heteroatoms. The van der Waals surface area contributed by atoms with Gasteiger partial charge in [0.25, 0.3) is 0 Å². The predicted octanol–water partition coefficient (Wildman–Crippen LogP) is 1.87. The fraction of sp³-hybridized carbons (Fsp3) is 0.800. The van der Waals surface area contributed by atoms with Gasteiger partial charge in [0.15, 0.2) is 0 Å². The molecule has 0 atom stereocenters. The Morgan fingerprint density at radius 3 is 2.47 bits per heavy atom. The first kappa shape index (κ1) is 12.4. The standard InChI is InChI=1S/C10H19N3OS/c1-7(2)8-11-9(15-12-8)13(5)10(3,4)6-14/h7,14H,6H2,1-5H3. The number of hydrogen-bond donors (Lipinski definition) is 1. The minimum absolute atomic E-state index is 0.0973. The molecule has 1 heterocycles. The third-order valence-corrected chi connectivity index (χ3v) is 3.34. The molecule has 86 valence electrons. The summed E-state index contributed by atoms with van der Waals surface area (Å²) >= 11 is 1.38. The zero-order valence-corrected chi connectivity index (χ0v) is 10.8. The molecule has 0 fully saturated rings. The van der Waals surface area contributed by atoms with Gasteiger partial charge in [-0.25, -0.2) is 4.98 Å². The minimum Gasteiger partial charge on any atom is -0.394 e. The van der Waals surface area contributed by atoms with Gasteiger partial charge in [-0.15, -0.1) is 0 Å². The first-order chi connectivity index (χ1) is 6.88. The molecule has 0 aromatic carbocycles. The van der Waals surface area contributed by atoms with Gasteiger partial charge in [-0.1, -0.05) is 13.8 Å². The number of hydrogen-bond acceptors (Lipinski definition) is 5. The highest BCUT2D eigenvalue weighted by Gasteiger charge is 2.25. The minimum atomic E-state index is -0.298. The second-order valence-electron chi connectivity index (χ2n) is 4.62. The summed E-state index contributed by atoms with van der Waals surface area (Å²) in [5.41, 5.74) is -0.298. The van der Waals surface area contributed by atoms with Crippen LogP contribution >= 0.6 is 11.5 Å². The Kier molecular flexibility index (Phi) is 3.67. The third kappa shape index (κ3) is 2.66. The van der Waals surface area contributed by atoms with Gasteiger partial charge >= 0.3 is 0 Å². The summed E-state index contributed by atoms with van der Waals surface area (Å²) in [6.07, 6.45) is 0. The van der Waals surface area contributed by atoms with Crippen LogP contribution in [0.4, 0.5) is 5.13 Å². The Morgan fingerprint density at radius 1 is 1.47 bits per heavy atom. The molecule has 0 amide bonds. The van der Waals surface area contributed by atoms with Crippen LogP contribution in [0.25, 0.3) is 0 Å². The van der Waals surface area contributed by atoms with Crippen molar-refractivity contribution in [3.63, 3.8) is 0 Å². The molecule has 1 rings (SSSR count). The van der Waals surface area contributed by atoms with Gasteiger partial charge in [0, 0.05) is 24.5 Å². The Bertz CT molecular complexity index is 322. The molecule has 0 unspecified atom stereocenters. The molecule has 0 aliphatic heterocycles. The lowest BCUT2D eigenvalue weighted by Crippen LogP contribution is -2.44. The normalized spacial score (nSPS) is 12.2. The molecule has 4 nitrogen and oxygen atoms in total. The second kappa shape index (κ2) is 4.45. The van der Waals surface area contributed by atoms with E-state index in [9.17, 15) is 5.11 Å². The van der Waals surface area contributed by atoms with Crippen LogP contribution in [0.2, 0.25) is 0 Å². The van der Waals surface area contributed by atoms with Crippen LogP contribution in [-0.4, -0.2) is 33.7 Å². The van der Waals surface area contributed by atoms with Crippen molar-refractivity contribution in [2.45, 2.75) is 39.2 Å². The van der Waals surface area contributed by atoms with Crippen LogP contribution in [0.3, 0.4) is 0 Å². The quantitative estimate of drug-likeness (QED) is 0.856. The molecule has 0 aliphatic carbocycles. The van der Waals surface area contributed by atoms with E-state index in [-0.39, 0.29) is 12.1 Å². The number of aliphatic hydroxyl groups is 1. The highest BCUT2D eigenvalue weighted by Crippen LogP contribution is 2.25. The molecular weight excluding hydrogens is 210 g/mol. The summed E-state index contributed by atoms with van der Waals surface area (Å²) in [5.74, 6) is 1.22. The third-order valence-electron chi connectivity index (χ3n) is 2.53. The van der Waals surface area contributed by atoms with Crippen molar-refractivity contribution in [2.75, 3.05) is 18.6 Å². The van der Waals surface area contributed by atoms with Crippen molar-refractivity contribution in [1.82, 2.24) is 9.36 Å². The monoisotopic (exact) mass is 229 g/mol. The fourth-order valence-corrected chi connectivity index (χ4v) is 1.89. The van der Waals surface area contributed by atoms with E-state index in [0.717, 1.165) is 11.0 Å². The van der Waals surface area contributed by atoms with Crippen LogP contribution in [0, 0.1) is 0 Å². The molecule has 0 saturated carbocycles. The van der Waals surface area contributed by atoms with Crippen molar-refractivity contribution in [3.8, 4) is 0 Å². The van der Waals surface area contributed by atoms with E-state index in [0.29, 0.717) is 5.92 Å². The average molecular weight is 229 g/mol. The van der Waals surface area contributed by atoms with Crippen molar-refractivity contribution in [1.29, 1.82) is 0 Å². The van der Waals surface area contributed by atoms with Crippen LogP contribution in [0.15, 0.2) is 0 Å². The Labute approximate surface area is 95.1 Å². The van der Waals surface area contributed by atoms with Crippen LogP contribution in [0.1, 0.15) is 39.4 Å². The van der Waals surface area contributed by atoms with E-state index in [1.54, 1.807) is 0 Å². The van der Waals surface area contributed by atoms with Crippen LogP contribution in [0.5, 0.6) is 0 Å².